The highest BCUT2D eigenvalue weighted by Crippen LogP contribution is 2.26. The molecule has 0 spiro atoms. The van der Waals surface area contributed by atoms with Gasteiger partial charge in [0.15, 0.2) is 0 Å². The van der Waals surface area contributed by atoms with Crippen molar-refractivity contribution in [2.75, 3.05) is 19.3 Å². The summed E-state index contributed by atoms with van der Waals surface area (Å²) in [6.45, 7) is 5.63. The fourth-order valence-electron chi connectivity index (χ4n) is 2.20. The number of ether oxygens (including phenoxy) is 1. The van der Waals surface area contributed by atoms with Gasteiger partial charge in [-0.2, -0.15) is 8.42 Å². The van der Waals surface area contributed by atoms with E-state index in [0.29, 0.717) is 0 Å². The lowest BCUT2D eigenvalue weighted by Crippen LogP contribution is -2.36. The zero-order valence-electron chi connectivity index (χ0n) is 13.0. The fraction of sp³-hybridized carbons (Fsp3) is 0.750. The van der Waals surface area contributed by atoms with Gasteiger partial charge in [0.05, 0.1) is 19.0 Å². The van der Waals surface area contributed by atoms with Crippen molar-refractivity contribution in [3.8, 4) is 0 Å². The lowest BCUT2D eigenvalue weighted by Gasteiger charge is -2.24. The Balaban J connectivity index is 2.16. The average Bonchev–Trinajstić information content (AvgIpc) is 2.92. The molecular weight excluding hydrogens is 312 g/mol. The summed E-state index contributed by atoms with van der Waals surface area (Å²) in [4.78, 5) is 13.6. The van der Waals surface area contributed by atoms with Crippen molar-refractivity contribution in [3.63, 3.8) is 0 Å². The van der Waals surface area contributed by atoms with Gasteiger partial charge < -0.3 is 9.64 Å². The van der Waals surface area contributed by atoms with Gasteiger partial charge in [0.1, 0.15) is 17.7 Å². The third-order valence-corrected chi connectivity index (χ3v) is 3.56. The second-order valence-corrected chi connectivity index (χ2v) is 7.78. The Morgan fingerprint density at radius 1 is 1.32 bits per heavy atom. The summed E-state index contributed by atoms with van der Waals surface area (Å²) in [7, 11) is -3.66. The predicted molar refractivity (Wildman–Crippen MR) is 76.6 cm³/mol. The first-order chi connectivity index (χ1) is 10.1. The van der Waals surface area contributed by atoms with Crippen molar-refractivity contribution < 1.29 is 22.1 Å². The van der Waals surface area contributed by atoms with Crippen LogP contribution < -0.4 is 0 Å². The van der Waals surface area contributed by atoms with Crippen molar-refractivity contribution in [1.29, 1.82) is 0 Å². The second-order valence-electron chi connectivity index (χ2n) is 6.17. The minimum atomic E-state index is -3.66. The van der Waals surface area contributed by atoms with Crippen LogP contribution in [0, 0.1) is 0 Å². The van der Waals surface area contributed by atoms with Gasteiger partial charge in [-0.25, -0.2) is 9.48 Å². The summed E-state index contributed by atoms with van der Waals surface area (Å²) in [6, 6.07) is -0.440. The van der Waals surface area contributed by atoms with Crippen LogP contribution >= 0.6 is 0 Å². The summed E-state index contributed by atoms with van der Waals surface area (Å²) < 4.78 is 34.7. The van der Waals surface area contributed by atoms with Crippen LogP contribution in [0.3, 0.4) is 0 Å². The van der Waals surface area contributed by atoms with E-state index in [9.17, 15) is 13.2 Å². The van der Waals surface area contributed by atoms with Gasteiger partial charge in [-0.3, -0.25) is 4.18 Å². The Kier molecular flexibility index (Phi) is 4.43. The highest BCUT2D eigenvalue weighted by atomic mass is 32.2. The van der Waals surface area contributed by atoms with E-state index in [4.69, 9.17) is 8.92 Å². The van der Waals surface area contributed by atoms with Crippen LogP contribution in [-0.2, 0) is 19.0 Å². The first-order valence-corrected chi connectivity index (χ1v) is 8.59. The molecule has 1 saturated heterocycles. The number of carbonyl (C=O) groups is 1. The Morgan fingerprint density at radius 2 is 2.00 bits per heavy atom. The van der Waals surface area contributed by atoms with Crippen LogP contribution in [0.15, 0.2) is 12.4 Å². The molecular formula is C12H20N4O5S. The van der Waals surface area contributed by atoms with Crippen LogP contribution in [0.1, 0.15) is 26.8 Å². The Labute approximate surface area is 129 Å². The van der Waals surface area contributed by atoms with Crippen molar-refractivity contribution in [3.05, 3.63) is 12.4 Å². The normalized spacial score (nSPS) is 22.8. The molecule has 124 valence electrons. The maximum atomic E-state index is 12.1. The first-order valence-electron chi connectivity index (χ1n) is 6.77. The molecule has 2 heterocycles. The molecule has 1 aliphatic heterocycles. The van der Waals surface area contributed by atoms with E-state index in [1.807, 2.05) is 0 Å². The van der Waals surface area contributed by atoms with Gasteiger partial charge in [-0.15, -0.1) is 5.10 Å². The third-order valence-electron chi connectivity index (χ3n) is 2.97. The molecule has 0 aromatic carbocycles. The molecule has 2 unspecified atom stereocenters. The van der Waals surface area contributed by atoms with E-state index in [1.165, 1.54) is 15.8 Å². The molecule has 0 saturated carbocycles. The topological polar surface area (TPSA) is 104 Å². The van der Waals surface area contributed by atoms with Gasteiger partial charge in [0.2, 0.25) is 0 Å². The molecule has 2 atom stereocenters. The minimum absolute atomic E-state index is 0.104. The monoisotopic (exact) mass is 332 g/mol. The summed E-state index contributed by atoms with van der Waals surface area (Å²) in [6.07, 6.45) is 2.80. The first kappa shape index (κ1) is 16.7. The predicted octanol–water partition coefficient (Wildman–Crippen LogP) is 0.415. The van der Waals surface area contributed by atoms with Crippen LogP contribution in [-0.4, -0.2) is 65.5 Å². The zero-order valence-corrected chi connectivity index (χ0v) is 13.8. The quantitative estimate of drug-likeness (QED) is 0.739. The van der Waals surface area contributed by atoms with Crippen molar-refractivity contribution >= 4 is 16.2 Å². The van der Waals surface area contributed by atoms with Crippen molar-refractivity contribution in [2.45, 2.75) is 38.5 Å². The molecule has 0 bridgehead atoms. The van der Waals surface area contributed by atoms with E-state index < -0.39 is 34.0 Å². The van der Waals surface area contributed by atoms with Crippen LogP contribution in [0.4, 0.5) is 4.79 Å². The van der Waals surface area contributed by atoms with E-state index in [-0.39, 0.29) is 13.1 Å². The Hall–Kier alpha value is -1.68. The minimum Gasteiger partial charge on any atom is -0.444 e. The number of hydrogen-bond donors (Lipinski definition) is 0. The average molecular weight is 332 g/mol. The lowest BCUT2D eigenvalue weighted by atomic mass is 10.2. The van der Waals surface area contributed by atoms with Gasteiger partial charge in [0, 0.05) is 12.7 Å². The molecule has 1 aliphatic rings. The zero-order chi connectivity index (χ0) is 16.5. The highest BCUT2D eigenvalue weighted by molar-refractivity contribution is 7.86. The summed E-state index contributed by atoms with van der Waals surface area (Å²) in [5.74, 6) is 0. The standard InChI is InChI=1S/C12H20N4O5S/c1-12(2,3)20-11(17)15-7-9(16-6-5-13-14-16)10(8-15)21-22(4,18)19/h5-6,9-10H,7-8H2,1-4H3. The number of nitrogens with zero attached hydrogens (tertiary/aromatic N) is 4. The molecule has 0 N–H and O–H groups in total. The molecule has 1 fully saturated rings. The summed E-state index contributed by atoms with van der Waals surface area (Å²) in [5, 5.41) is 7.56. The van der Waals surface area contributed by atoms with Crippen LogP contribution in [0.25, 0.3) is 0 Å². The van der Waals surface area contributed by atoms with Gasteiger partial charge in [-0.1, -0.05) is 5.21 Å². The molecule has 2 rings (SSSR count). The molecule has 1 amide bonds. The number of rotatable bonds is 3. The van der Waals surface area contributed by atoms with Crippen LogP contribution in [0.5, 0.6) is 0 Å². The molecule has 22 heavy (non-hydrogen) atoms. The largest absolute Gasteiger partial charge is 0.444 e. The second kappa shape index (κ2) is 5.84. The van der Waals surface area contributed by atoms with E-state index >= 15 is 0 Å². The maximum Gasteiger partial charge on any atom is 0.410 e. The van der Waals surface area contributed by atoms with E-state index in [2.05, 4.69) is 10.3 Å². The molecule has 1 aromatic rings. The van der Waals surface area contributed by atoms with Gasteiger partial charge in [-0.05, 0) is 20.8 Å². The smallest absolute Gasteiger partial charge is 0.410 e. The molecule has 10 heteroatoms. The SMILES string of the molecule is CC(C)(C)OC(=O)N1CC(OS(C)(=O)=O)C(n2ccnn2)C1. The third kappa shape index (κ3) is 4.41. The summed E-state index contributed by atoms with van der Waals surface area (Å²) >= 11 is 0. The number of likely N-dealkylation sites (tertiary alicyclic amines) is 1. The van der Waals surface area contributed by atoms with Crippen LogP contribution in [0.2, 0.25) is 0 Å². The van der Waals surface area contributed by atoms with Gasteiger partial charge in [0.25, 0.3) is 10.1 Å². The van der Waals surface area contributed by atoms with Crippen molar-refractivity contribution in [1.82, 2.24) is 19.9 Å². The number of aromatic nitrogens is 3. The number of carbonyl (C=O) groups excluding carboxylic acids is 1. The Morgan fingerprint density at radius 3 is 2.50 bits per heavy atom. The lowest BCUT2D eigenvalue weighted by molar-refractivity contribution is 0.0275. The summed E-state index contributed by atoms with van der Waals surface area (Å²) in [5.41, 5.74) is -0.629. The van der Waals surface area contributed by atoms with Crippen molar-refractivity contribution in [2.24, 2.45) is 0 Å². The number of amides is 1. The van der Waals surface area contributed by atoms with E-state index in [1.54, 1.807) is 27.0 Å². The maximum absolute atomic E-state index is 12.1. The fourth-order valence-corrected chi connectivity index (χ4v) is 2.84. The Bertz CT molecular complexity index is 622. The number of hydrogen-bond acceptors (Lipinski definition) is 7. The molecule has 0 aliphatic carbocycles. The van der Waals surface area contributed by atoms with Gasteiger partial charge >= 0.3 is 6.09 Å². The highest BCUT2D eigenvalue weighted by Gasteiger charge is 2.41. The molecule has 9 nitrogen and oxygen atoms in total. The molecule has 0 radical (unpaired) electrons. The molecule has 1 aromatic heterocycles. The van der Waals surface area contributed by atoms with E-state index in [0.717, 1.165) is 6.26 Å².